The number of sulfonamides is 1. The lowest BCUT2D eigenvalue weighted by atomic mass is 9.97. The predicted molar refractivity (Wildman–Crippen MR) is 71.6 cm³/mol. The van der Waals surface area contributed by atoms with E-state index in [0.717, 1.165) is 10.4 Å². The second-order valence-corrected chi connectivity index (χ2v) is 7.76. The SMILES string of the molecule is CN(CC(C)(C)C)S(=O)(=O)c1cc(CO)ccc1F. The van der Waals surface area contributed by atoms with Crippen molar-refractivity contribution >= 4 is 10.0 Å². The highest BCUT2D eigenvalue weighted by atomic mass is 32.2. The molecule has 0 saturated heterocycles. The van der Waals surface area contributed by atoms with Crippen molar-refractivity contribution in [2.45, 2.75) is 32.3 Å². The Kier molecular flexibility index (Phi) is 4.71. The first-order chi connectivity index (χ1) is 8.58. The second kappa shape index (κ2) is 5.56. The van der Waals surface area contributed by atoms with Gasteiger partial charge < -0.3 is 5.11 Å². The summed E-state index contributed by atoms with van der Waals surface area (Å²) in [6, 6.07) is 3.59. The summed E-state index contributed by atoms with van der Waals surface area (Å²) in [7, 11) is -2.47. The van der Waals surface area contributed by atoms with Crippen molar-refractivity contribution in [3.8, 4) is 0 Å². The Hall–Kier alpha value is -0.980. The molecule has 0 amide bonds. The third-order valence-electron chi connectivity index (χ3n) is 2.56. The number of aliphatic hydroxyl groups is 1. The maximum atomic E-state index is 13.7. The van der Waals surface area contributed by atoms with Crippen LogP contribution in [0.2, 0.25) is 0 Å². The topological polar surface area (TPSA) is 57.6 Å². The molecule has 4 nitrogen and oxygen atoms in total. The van der Waals surface area contributed by atoms with Gasteiger partial charge >= 0.3 is 0 Å². The molecule has 0 bridgehead atoms. The highest BCUT2D eigenvalue weighted by molar-refractivity contribution is 7.89. The fraction of sp³-hybridized carbons (Fsp3) is 0.538. The van der Waals surface area contributed by atoms with Crippen LogP contribution in [0.1, 0.15) is 26.3 Å². The van der Waals surface area contributed by atoms with E-state index in [4.69, 9.17) is 5.11 Å². The zero-order chi connectivity index (χ0) is 14.8. The summed E-state index contributed by atoms with van der Waals surface area (Å²) in [5, 5.41) is 9.01. The van der Waals surface area contributed by atoms with Gasteiger partial charge in [0.05, 0.1) is 6.61 Å². The highest BCUT2D eigenvalue weighted by Gasteiger charge is 2.27. The monoisotopic (exact) mass is 289 g/mol. The maximum Gasteiger partial charge on any atom is 0.245 e. The zero-order valence-corrected chi connectivity index (χ0v) is 12.5. The number of aliphatic hydroxyl groups excluding tert-OH is 1. The molecule has 0 aliphatic carbocycles. The molecule has 0 aliphatic heterocycles. The van der Waals surface area contributed by atoms with E-state index in [9.17, 15) is 12.8 Å². The average Bonchev–Trinajstić information content (AvgIpc) is 2.27. The second-order valence-electron chi connectivity index (χ2n) is 5.74. The lowest BCUT2D eigenvalue weighted by Gasteiger charge is -2.26. The van der Waals surface area contributed by atoms with Crippen LogP contribution in [0.15, 0.2) is 23.1 Å². The van der Waals surface area contributed by atoms with E-state index >= 15 is 0 Å². The van der Waals surface area contributed by atoms with Gasteiger partial charge in [-0.15, -0.1) is 0 Å². The highest BCUT2D eigenvalue weighted by Crippen LogP contribution is 2.23. The van der Waals surface area contributed by atoms with Crippen molar-refractivity contribution < 1.29 is 17.9 Å². The van der Waals surface area contributed by atoms with E-state index in [1.54, 1.807) is 0 Å². The molecule has 0 unspecified atom stereocenters. The van der Waals surface area contributed by atoms with E-state index in [1.165, 1.54) is 19.2 Å². The van der Waals surface area contributed by atoms with Crippen molar-refractivity contribution in [1.82, 2.24) is 4.31 Å². The van der Waals surface area contributed by atoms with Gasteiger partial charge in [-0.2, -0.15) is 0 Å². The first-order valence-corrected chi connectivity index (χ1v) is 7.37. The summed E-state index contributed by atoms with van der Waals surface area (Å²) in [6.45, 7) is 5.66. The molecule has 6 heteroatoms. The van der Waals surface area contributed by atoms with Gasteiger partial charge in [-0.1, -0.05) is 26.8 Å². The molecular weight excluding hydrogens is 269 g/mol. The normalized spacial score (nSPS) is 13.0. The Morgan fingerprint density at radius 3 is 2.37 bits per heavy atom. The zero-order valence-electron chi connectivity index (χ0n) is 11.6. The van der Waals surface area contributed by atoms with Crippen LogP contribution in [0.4, 0.5) is 4.39 Å². The van der Waals surface area contributed by atoms with E-state index in [-0.39, 0.29) is 18.6 Å². The van der Waals surface area contributed by atoms with Gasteiger partial charge in [0.15, 0.2) is 0 Å². The van der Waals surface area contributed by atoms with E-state index in [2.05, 4.69) is 0 Å². The minimum Gasteiger partial charge on any atom is -0.392 e. The van der Waals surface area contributed by atoms with Crippen LogP contribution in [0.5, 0.6) is 0 Å². The van der Waals surface area contributed by atoms with E-state index in [0.29, 0.717) is 5.56 Å². The summed E-state index contributed by atoms with van der Waals surface area (Å²) >= 11 is 0. The number of benzene rings is 1. The lowest BCUT2D eigenvalue weighted by molar-refractivity contribution is 0.281. The lowest BCUT2D eigenvalue weighted by Crippen LogP contribution is -2.35. The van der Waals surface area contributed by atoms with Gasteiger partial charge in [0.25, 0.3) is 0 Å². The van der Waals surface area contributed by atoms with Crippen LogP contribution in [0.3, 0.4) is 0 Å². The van der Waals surface area contributed by atoms with Crippen molar-refractivity contribution in [3.63, 3.8) is 0 Å². The Labute approximate surface area is 113 Å². The molecule has 19 heavy (non-hydrogen) atoms. The predicted octanol–water partition coefficient (Wildman–Crippen LogP) is 1.98. The number of halogens is 1. The molecule has 0 fully saturated rings. The van der Waals surface area contributed by atoms with Gasteiger partial charge in [0, 0.05) is 13.6 Å². The molecular formula is C13H20FNO3S. The molecule has 0 saturated carbocycles. The number of hydrogen-bond acceptors (Lipinski definition) is 3. The Bertz CT molecular complexity index is 549. The van der Waals surface area contributed by atoms with Crippen molar-refractivity contribution in [2.24, 2.45) is 5.41 Å². The van der Waals surface area contributed by atoms with Crippen molar-refractivity contribution in [1.29, 1.82) is 0 Å². The molecule has 0 aliphatic rings. The van der Waals surface area contributed by atoms with Crippen LogP contribution in [0, 0.1) is 11.2 Å². The third-order valence-corrected chi connectivity index (χ3v) is 4.38. The van der Waals surface area contributed by atoms with Crippen LogP contribution in [-0.4, -0.2) is 31.4 Å². The first kappa shape index (κ1) is 16.1. The number of hydrogen-bond donors (Lipinski definition) is 1. The smallest absolute Gasteiger partial charge is 0.245 e. The summed E-state index contributed by atoms with van der Waals surface area (Å²) in [5.41, 5.74) is 0.136. The first-order valence-electron chi connectivity index (χ1n) is 5.93. The summed E-state index contributed by atoms with van der Waals surface area (Å²) in [6.07, 6.45) is 0. The van der Waals surface area contributed by atoms with Crippen LogP contribution >= 0.6 is 0 Å². The van der Waals surface area contributed by atoms with Gasteiger partial charge in [0.2, 0.25) is 10.0 Å². The molecule has 1 aromatic carbocycles. The molecule has 0 atom stereocenters. The maximum absolute atomic E-state index is 13.7. The minimum absolute atomic E-state index is 0.229. The molecule has 0 spiro atoms. The Balaban J connectivity index is 3.20. The van der Waals surface area contributed by atoms with Crippen molar-refractivity contribution in [2.75, 3.05) is 13.6 Å². The fourth-order valence-corrected chi connectivity index (χ4v) is 3.27. The molecule has 1 aromatic rings. The fourth-order valence-electron chi connectivity index (χ4n) is 1.76. The Morgan fingerprint density at radius 1 is 1.32 bits per heavy atom. The molecule has 0 aromatic heterocycles. The molecule has 108 valence electrons. The molecule has 1 N–H and O–H groups in total. The van der Waals surface area contributed by atoms with E-state index in [1.807, 2.05) is 20.8 Å². The van der Waals surface area contributed by atoms with E-state index < -0.39 is 20.7 Å². The van der Waals surface area contributed by atoms with Gasteiger partial charge in [-0.3, -0.25) is 0 Å². The standard InChI is InChI=1S/C13H20FNO3S/c1-13(2,3)9-15(4)19(17,18)12-7-10(8-16)5-6-11(12)14/h5-7,16H,8-9H2,1-4H3. The average molecular weight is 289 g/mol. The number of rotatable bonds is 4. The van der Waals surface area contributed by atoms with Gasteiger partial charge in [-0.05, 0) is 23.1 Å². The summed E-state index contributed by atoms with van der Waals surface area (Å²) in [5.74, 6) is -0.807. The van der Waals surface area contributed by atoms with Crippen molar-refractivity contribution in [3.05, 3.63) is 29.6 Å². The van der Waals surface area contributed by atoms with Crippen LogP contribution < -0.4 is 0 Å². The minimum atomic E-state index is -3.89. The molecule has 1 rings (SSSR count). The molecule has 0 radical (unpaired) electrons. The summed E-state index contributed by atoms with van der Waals surface area (Å²) in [4.78, 5) is -0.397. The largest absolute Gasteiger partial charge is 0.392 e. The molecule has 0 heterocycles. The van der Waals surface area contributed by atoms with Crippen LogP contribution in [-0.2, 0) is 16.6 Å². The van der Waals surface area contributed by atoms with Crippen LogP contribution in [0.25, 0.3) is 0 Å². The number of nitrogens with zero attached hydrogens (tertiary/aromatic N) is 1. The van der Waals surface area contributed by atoms with Gasteiger partial charge in [0.1, 0.15) is 10.7 Å². The third kappa shape index (κ3) is 3.99. The summed E-state index contributed by atoms with van der Waals surface area (Å²) < 4.78 is 39.4. The quantitative estimate of drug-likeness (QED) is 0.922. The van der Waals surface area contributed by atoms with Gasteiger partial charge in [-0.25, -0.2) is 17.1 Å². The Morgan fingerprint density at radius 2 is 1.89 bits per heavy atom.